The van der Waals surface area contributed by atoms with Crippen LogP contribution < -0.4 is 0 Å². The molecule has 0 N–H and O–H groups in total. The van der Waals surface area contributed by atoms with Gasteiger partial charge in [0.25, 0.3) is 0 Å². The Balaban J connectivity index is 1.31. The highest BCUT2D eigenvalue weighted by Gasteiger charge is 2.20. The second-order valence-corrected chi connectivity index (χ2v) is 9.74. The summed E-state index contributed by atoms with van der Waals surface area (Å²) in [6, 6.07) is 13.6. The number of Topliss-reactive ketones (excluding diaryl/α,β-unsaturated/α-hetero) is 1. The Hall–Kier alpha value is -4.33. The monoisotopic (exact) mass is 511 g/mol. The van der Waals surface area contributed by atoms with Crippen LogP contribution in [0, 0.1) is 12.7 Å². The number of halogens is 1. The molecular formula is C30H30FN5O2. The summed E-state index contributed by atoms with van der Waals surface area (Å²) in [5, 5.41) is 0.741. The van der Waals surface area contributed by atoms with E-state index in [9.17, 15) is 14.0 Å². The quantitative estimate of drug-likeness (QED) is 0.177. The van der Waals surface area contributed by atoms with Crippen LogP contribution >= 0.6 is 0 Å². The van der Waals surface area contributed by atoms with Crippen LogP contribution in [0.3, 0.4) is 0 Å². The van der Waals surface area contributed by atoms with Crippen molar-refractivity contribution in [1.82, 2.24) is 24.0 Å². The Labute approximate surface area is 220 Å². The molecule has 0 spiro atoms. The van der Waals surface area contributed by atoms with E-state index in [4.69, 9.17) is 0 Å². The number of carbonyl (C=O) groups is 2. The number of hydrogen-bond donors (Lipinski definition) is 0. The van der Waals surface area contributed by atoms with Gasteiger partial charge in [0.2, 0.25) is 0 Å². The van der Waals surface area contributed by atoms with Gasteiger partial charge in [0, 0.05) is 50.4 Å². The number of aryl methyl sites for hydroxylation is 2. The minimum absolute atomic E-state index is 0.0187. The second-order valence-electron chi connectivity index (χ2n) is 9.74. The number of pyridine rings is 1. The van der Waals surface area contributed by atoms with Crippen molar-refractivity contribution in [2.45, 2.75) is 39.2 Å². The van der Waals surface area contributed by atoms with Crippen molar-refractivity contribution in [2.24, 2.45) is 0 Å². The van der Waals surface area contributed by atoms with Crippen LogP contribution in [0.5, 0.6) is 0 Å². The zero-order chi connectivity index (χ0) is 26.8. The normalized spacial score (nSPS) is 11.4. The molecule has 0 atom stereocenters. The standard InChI is InChI=1S/C30H30FN5O2/c1-20-33-26-18-32-15-14-27(26)35(20)16-6-4-5-7-29(37)25-19-36(30(38)34(2)3)28-17-22(10-13-24(25)28)21-8-11-23(31)12-9-21/h8-15,17-19H,4-7,16H2,1-3H3. The fraction of sp³-hybridized carbons (Fsp3) is 0.267. The van der Waals surface area contributed by atoms with Crippen molar-refractivity contribution in [3.8, 4) is 11.1 Å². The van der Waals surface area contributed by atoms with Gasteiger partial charge in [0.15, 0.2) is 5.78 Å². The number of imidazole rings is 1. The van der Waals surface area contributed by atoms with Gasteiger partial charge in [0.1, 0.15) is 17.2 Å². The number of hydrogen-bond acceptors (Lipinski definition) is 4. The second kappa shape index (κ2) is 10.6. The predicted molar refractivity (Wildman–Crippen MR) is 147 cm³/mol. The fourth-order valence-electron chi connectivity index (χ4n) is 4.90. The first kappa shape index (κ1) is 25.3. The first-order valence-corrected chi connectivity index (χ1v) is 12.8. The van der Waals surface area contributed by atoms with Crippen molar-refractivity contribution >= 4 is 33.8 Å². The lowest BCUT2D eigenvalue weighted by atomic mass is 10.0. The molecule has 0 fully saturated rings. The molecule has 7 nitrogen and oxygen atoms in total. The summed E-state index contributed by atoms with van der Waals surface area (Å²) in [5.41, 5.74) is 4.86. The van der Waals surface area contributed by atoms with Gasteiger partial charge in [0.05, 0.1) is 17.2 Å². The molecule has 0 aliphatic carbocycles. The van der Waals surface area contributed by atoms with Gasteiger partial charge in [-0.3, -0.25) is 14.3 Å². The van der Waals surface area contributed by atoms with Gasteiger partial charge in [-0.05, 0) is 55.2 Å². The summed E-state index contributed by atoms with van der Waals surface area (Å²) in [6.07, 6.45) is 8.20. The van der Waals surface area contributed by atoms with Crippen molar-refractivity contribution in [2.75, 3.05) is 14.1 Å². The highest BCUT2D eigenvalue weighted by Crippen LogP contribution is 2.29. The number of ketones is 1. The van der Waals surface area contributed by atoms with Crippen molar-refractivity contribution in [3.63, 3.8) is 0 Å². The maximum Gasteiger partial charge on any atom is 0.328 e. The number of unbranched alkanes of at least 4 members (excludes halogenated alkanes) is 2. The highest BCUT2D eigenvalue weighted by molar-refractivity contribution is 6.10. The lowest BCUT2D eigenvalue weighted by Crippen LogP contribution is -2.26. The third-order valence-corrected chi connectivity index (χ3v) is 6.90. The molecule has 3 aromatic heterocycles. The number of rotatable bonds is 8. The molecule has 2 aromatic carbocycles. The zero-order valence-electron chi connectivity index (χ0n) is 21.8. The molecule has 0 radical (unpaired) electrons. The maximum atomic E-state index is 13.4. The summed E-state index contributed by atoms with van der Waals surface area (Å²) < 4.78 is 17.1. The smallest absolute Gasteiger partial charge is 0.328 e. The predicted octanol–water partition coefficient (Wildman–Crippen LogP) is 6.47. The van der Waals surface area contributed by atoms with E-state index in [1.807, 2.05) is 31.2 Å². The Morgan fingerprint density at radius 1 is 0.947 bits per heavy atom. The summed E-state index contributed by atoms with van der Waals surface area (Å²) >= 11 is 0. The number of fused-ring (bicyclic) bond motifs is 2. The molecule has 8 heteroatoms. The molecule has 0 saturated heterocycles. The summed E-state index contributed by atoms with van der Waals surface area (Å²) in [6.45, 7) is 2.83. The third kappa shape index (κ3) is 4.94. The average molecular weight is 512 g/mol. The molecule has 194 valence electrons. The number of aromatic nitrogens is 4. The van der Waals surface area contributed by atoms with Crippen molar-refractivity contribution in [1.29, 1.82) is 0 Å². The summed E-state index contributed by atoms with van der Waals surface area (Å²) in [4.78, 5) is 36.4. The first-order chi connectivity index (χ1) is 18.3. The SMILES string of the molecule is Cc1nc2cnccc2n1CCCCCC(=O)c1cn(C(=O)N(C)C)c2cc(-c3ccc(F)cc3)ccc12. The van der Waals surface area contributed by atoms with Gasteiger partial charge in [-0.1, -0.05) is 30.7 Å². The van der Waals surface area contributed by atoms with E-state index < -0.39 is 0 Å². The van der Waals surface area contributed by atoms with E-state index in [0.29, 0.717) is 17.5 Å². The minimum atomic E-state index is -0.306. The van der Waals surface area contributed by atoms with Crippen molar-refractivity contribution < 1.29 is 14.0 Å². The summed E-state index contributed by atoms with van der Waals surface area (Å²) in [5.74, 6) is 0.673. The zero-order valence-corrected chi connectivity index (χ0v) is 21.8. The molecule has 5 aromatic rings. The summed E-state index contributed by atoms with van der Waals surface area (Å²) in [7, 11) is 3.36. The van der Waals surface area contributed by atoms with E-state index >= 15 is 0 Å². The Morgan fingerprint density at radius 2 is 1.71 bits per heavy atom. The van der Waals surface area contributed by atoms with Crippen LogP contribution in [0.1, 0.15) is 41.9 Å². The van der Waals surface area contributed by atoms with Crippen LogP contribution in [0.2, 0.25) is 0 Å². The third-order valence-electron chi connectivity index (χ3n) is 6.90. The number of amides is 1. The van der Waals surface area contributed by atoms with E-state index in [1.165, 1.54) is 21.6 Å². The molecule has 3 heterocycles. The van der Waals surface area contributed by atoms with Gasteiger partial charge in [-0.2, -0.15) is 0 Å². The van der Waals surface area contributed by atoms with E-state index in [2.05, 4.69) is 14.5 Å². The first-order valence-electron chi connectivity index (χ1n) is 12.8. The van der Waals surface area contributed by atoms with Crippen LogP contribution in [0.4, 0.5) is 9.18 Å². The lowest BCUT2D eigenvalue weighted by molar-refractivity contribution is 0.0980. The van der Waals surface area contributed by atoms with Crippen LogP contribution in [0.25, 0.3) is 33.1 Å². The van der Waals surface area contributed by atoms with E-state index in [1.54, 1.807) is 44.8 Å². The molecule has 1 amide bonds. The molecule has 0 bridgehead atoms. The Bertz CT molecular complexity index is 1630. The fourth-order valence-corrected chi connectivity index (χ4v) is 4.90. The van der Waals surface area contributed by atoms with Gasteiger partial charge < -0.3 is 9.47 Å². The largest absolute Gasteiger partial charge is 0.330 e. The number of nitrogens with zero attached hydrogens (tertiary/aromatic N) is 5. The maximum absolute atomic E-state index is 13.4. The molecule has 5 rings (SSSR count). The Kier molecular flexibility index (Phi) is 7.05. The molecule has 38 heavy (non-hydrogen) atoms. The van der Waals surface area contributed by atoms with Gasteiger partial charge in [-0.15, -0.1) is 0 Å². The van der Waals surface area contributed by atoms with Crippen molar-refractivity contribution in [3.05, 3.63) is 84.3 Å². The topological polar surface area (TPSA) is 73.0 Å². The van der Waals surface area contributed by atoms with Crippen LogP contribution in [-0.4, -0.2) is 49.9 Å². The van der Waals surface area contributed by atoms with Gasteiger partial charge in [-0.25, -0.2) is 14.2 Å². The number of carbonyl (C=O) groups excluding carboxylic acids is 2. The lowest BCUT2D eigenvalue weighted by Gasteiger charge is -2.12. The molecule has 0 aliphatic rings. The number of benzene rings is 2. The Morgan fingerprint density at radius 3 is 2.47 bits per heavy atom. The van der Waals surface area contributed by atoms with Crippen LogP contribution in [0.15, 0.2) is 67.1 Å². The molecule has 0 unspecified atom stereocenters. The highest BCUT2D eigenvalue weighted by atomic mass is 19.1. The average Bonchev–Trinajstić information content (AvgIpc) is 3.45. The van der Waals surface area contributed by atoms with Crippen LogP contribution in [-0.2, 0) is 6.54 Å². The minimum Gasteiger partial charge on any atom is -0.330 e. The molecule has 0 saturated carbocycles. The van der Waals surface area contributed by atoms with E-state index in [-0.39, 0.29) is 17.6 Å². The molecular weight excluding hydrogens is 481 g/mol. The molecule has 0 aliphatic heterocycles. The van der Waals surface area contributed by atoms with Gasteiger partial charge >= 0.3 is 6.03 Å². The van der Waals surface area contributed by atoms with E-state index in [0.717, 1.165) is 59.2 Å².